The van der Waals surface area contributed by atoms with Crippen molar-refractivity contribution in [2.45, 2.75) is 20.0 Å². The molecule has 2 aromatic heterocycles. The van der Waals surface area contributed by atoms with Gasteiger partial charge >= 0.3 is 0 Å². The van der Waals surface area contributed by atoms with Crippen LogP contribution in [0.4, 0.5) is 4.39 Å². The van der Waals surface area contributed by atoms with Crippen molar-refractivity contribution in [1.82, 2.24) is 9.88 Å². The molecule has 150 valence electrons. The third kappa shape index (κ3) is 4.46. The van der Waals surface area contributed by atoms with E-state index in [9.17, 15) is 9.18 Å². The van der Waals surface area contributed by atoms with Crippen molar-refractivity contribution in [3.05, 3.63) is 113 Å². The number of benzene rings is 2. The molecule has 4 aromatic rings. The van der Waals surface area contributed by atoms with Gasteiger partial charge in [0.05, 0.1) is 0 Å². The number of halogens is 1. The number of rotatable bonds is 6. The van der Waals surface area contributed by atoms with Crippen molar-refractivity contribution in [2.24, 2.45) is 0 Å². The number of aromatic nitrogens is 1. The smallest absolute Gasteiger partial charge is 0.290 e. The third-order valence-corrected chi connectivity index (χ3v) is 4.95. The minimum Gasteiger partial charge on any atom is -0.451 e. The van der Waals surface area contributed by atoms with E-state index in [1.807, 2.05) is 43.3 Å². The summed E-state index contributed by atoms with van der Waals surface area (Å²) in [7, 11) is 0. The Labute approximate surface area is 174 Å². The minimum atomic E-state index is -0.317. The van der Waals surface area contributed by atoms with Gasteiger partial charge in [0.15, 0.2) is 5.76 Å². The maximum Gasteiger partial charge on any atom is 0.290 e. The quantitative estimate of drug-likeness (QED) is 0.421. The summed E-state index contributed by atoms with van der Waals surface area (Å²) in [6.07, 6.45) is 3.46. The predicted molar refractivity (Wildman–Crippen MR) is 113 cm³/mol. The largest absolute Gasteiger partial charge is 0.451 e. The van der Waals surface area contributed by atoms with Crippen molar-refractivity contribution in [1.29, 1.82) is 0 Å². The molecule has 0 saturated carbocycles. The van der Waals surface area contributed by atoms with Gasteiger partial charge in [-0.15, -0.1) is 0 Å². The van der Waals surface area contributed by atoms with E-state index in [1.54, 1.807) is 41.6 Å². The second-order valence-corrected chi connectivity index (χ2v) is 7.12. The van der Waals surface area contributed by atoms with E-state index < -0.39 is 0 Å². The Kier molecular flexibility index (Phi) is 5.70. The van der Waals surface area contributed by atoms with E-state index in [1.165, 1.54) is 12.1 Å². The number of furan rings is 1. The lowest BCUT2D eigenvalue weighted by atomic mass is 10.1. The van der Waals surface area contributed by atoms with Crippen LogP contribution >= 0.6 is 0 Å². The lowest BCUT2D eigenvalue weighted by Crippen LogP contribution is -2.30. The molecule has 0 bridgehead atoms. The maximum absolute atomic E-state index is 13.3. The molecule has 0 fully saturated rings. The molecule has 2 aromatic carbocycles. The normalized spacial score (nSPS) is 10.7. The second-order valence-electron chi connectivity index (χ2n) is 7.12. The zero-order valence-corrected chi connectivity index (χ0v) is 16.6. The summed E-state index contributed by atoms with van der Waals surface area (Å²) in [4.78, 5) is 19.2. The van der Waals surface area contributed by atoms with Crippen LogP contribution in [0.25, 0.3) is 11.3 Å². The molecule has 0 aliphatic heterocycles. The van der Waals surface area contributed by atoms with Gasteiger partial charge in [-0.25, -0.2) is 4.39 Å². The zero-order valence-electron chi connectivity index (χ0n) is 16.6. The van der Waals surface area contributed by atoms with Gasteiger partial charge in [0.1, 0.15) is 11.6 Å². The molecule has 4 rings (SSSR count). The van der Waals surface area contributed by atoms with Crippen LogP contribution in [0.15, 0.2) is 89.6 Å². The van der Waals surface area contributed by atoms with Gasteiger partial charge in [-0.2, -0.15) is 0 Å². The SMILES string of the molecule is Cc1ccccc1CN(Cc1cccnc1)C(=O)c1ccc(-c2ccc(F)cc2)o1. The van der Waals surface area contributed by atoms with Gasteiger partial charge in [0.25, 0.3) is 5.91 Å². The van der Waals surface area contributed by atoms with Crippen molar-refractivity contribution >= 4 is 5.91 Å². The summed E-state index contributed by atoms with van der Waals surface area (Å²) in [6.45, 7) is 2.89. The van der Waals surface area contributed by atoms with Crippen LogP contribution in [0.1, 0.15) is 27.2 Å². The van der Waals surface area contributed by atoms with Gasteiger partial charge in [-0.1, -0.05) is 30.3 Å². The summed E-state index contributed by atoms with van der Waals surface area (Å²) in [5, 5.41) is 0. The number of carbonyl (C=O) groups is 1. The Morgan fingerprint density at radius 2 is 1.77 bits per heavy atom. The minimum absolute atomic E-state index is 0.213. The Morgan fingerprint density at radius 1 is 0.967 bits per heavy atom. The molecule has 0 spiro atoms. The molecule has 0 saturated heterocycles. The van der Waals surface area contributed by atoms with Crippen molar-refractivity contribution in [3.63, 3.8) is 0 Å². The highest BCUT2D eigenvalue weighted by atomic mass is 19.1. The summed E-state index contributed by atoms with van der Waals surface area (Å²) < 4.78 is 19.0. The van der Waals surface area contributed by atoms with Crippen LogP contribution in [0.3, 0.4) is 0 Å². The molecule has 2 heterocycles. The Morgan fingerprint density at radius 3 is 2.50 bits per heavy atom. The monoisotopic (exact) mass is 400 g/mol. The van der Waals surface area contributed by atoms with Gasteiger partial charge in [-0.05, 0) is 66.1 Å². The Hall–Kier alpha value is -3.73. The van der Waals surface area contributed by atoms with Crippen molar-refractivity contribution in [2.75, 3.05) is 0 Å². The molecule has 0 atom stereocenters. The average Bonchev–Trinajstić information content (AvgIpc) is 3.26. The molecule has 4 nitrogen and oxygen atoms in total. The number of carbonyl (C=O) groups excluding carboxylic acids is 1. The molecule has 0 radical (unpaired) electrons. The Balaban J connectivity index is 1.62. The van der Waals surface area contributed by atoms with E-state index >= 15 is 0 Å². The second kappa shape index (κ2) is 8.74. The lowest BCUT2D eigenvalue weighted by Gasteiger charge is -2.23. The fraction of sp³-hybridized carbons (Fsp3) is 0.120. The van der Waals surface area contributed by atoms with E-state index in [0.717, 1.165) is 16.7 Å². The maximum atomic E-state index is 13.3. The number of aryl methyl sites for hydroxylation is 1. The first-order valence-electron chi connectivity index (χ1n) is 9.68. The number of nitrogens with zero attached hydrogens (tertiary/aromatic N) is 2. The highest BCUT2D eigenvalue weighted by Gasteiger charge is 2.21. The summed E-state index contributed by atoms with van der Waals surface area (Å²) in [5.41, 5.74) is 3.84. The Bertz CT molecular complexity index is 1140. The third-order valence-electron chi connectivity index (χ3n) is 4.95. The van der Waals surface area contributed by atoms with Gasteiger partial charge in [0, 0.05) is 31.0 Å². The number of hydrogen-bond acceptors (Lipinski definition) is 3. The topological polar surface area (TPSA) is 46.3 Å². The highest BCUT2D eigenvalue weighted by Crippen LogP contribution is 2.24. The molecule has 1 amide bonds. The molecule has 5 heteroatoms. The summed E-state index contributed by atoms with van der Waals surface area (Å²) in [6, 6.07) is 21.2. The first-order valence-corrected chi connectivity index (χ1v) is 9.68. The summed E-state index contributed by atoms with van der Waals surface area (Å²) in [5.74, 6) is 0.236. The van der Waals surface area contributed by atoms with Gasteiger partial charge in [0.2, 0.25) is 0 Å². The van der Waals surface area contributed by atoms with E-state index in [-0.39, 0.29) is 17.5 Å². The molecule has 0 aliphatic rings. The van der Waals surface area contributed by atoms with E-state index in [0.29, 0.717) is 24.4 Å². The van der Waals surface area contributed by atoms with Crippen LogP contribution in [0.5, 0.6) is 0 Å². The van der Waals surface area contributed by atoms with Gasteiger partial charge in [-0.3, -0.25) is 9.78 Å². The van der Waals surface area contributed by atoms with Gasteiger partial charge < -0.3 is 9.32 Å². The number of hydrogen-bond donors (Lipinski definition) is 0. The molecular weight excluding hydrogens is 379 g/mol. The van der Waals surface area contributed by atoms with Crippen LogP contribution in [-0.4, -0.2) is 15.8 Å². The number of pyridine rings is 1. The fourth-order valence-electron chi connectivity index (χ4n) is 3.28. The molecule has 0 N–H and O–H groups in total. The highest BCUT2D eigenvalue weighted by molar-refractivity contribution is 5.92. The molecule has 0 aliphatic carbocycles. The van der Waals surface area contributed by atoms with Crippen LogP contribution < -0.4 is 0 Å². The first kappa shape index (κ1) is 19.6. The number of amides is 1. The van der Waals surface area contributed by atoms with Crippen molar-refractivity contribution in [3.8, 4) is 11.3 Å². The fourth-order valence-corrected chi connectivity index (χ4v) is 3.28. The van der Waals surface area contributed by atoms with E-state index in [4.69, 9.17) is 4.42 Å². The molecule has 0 unspecified atom stereocenters. The zero-order chi connectivity index (χ0) is 20.9. The van der Waals surface area contributed by atoms with E-state index in [2.05, 4.69) is 4.98 Å². The molecular formula is C25H21FN2O2. The average molecular weight is 400 g/mol. The van der Waals surface area contributed by atoms with Crippen LogP contribution in [0, 0.1) is 12.7 Å². The summed E-state index contributed by atoms with van der Waals surface area (Å²) >= 11 is 0. The van der Waals surface area contributed by atoms with Crippen LogP contribution in [-0.2, 0) is 13.1 Å². The molecule has 30 heavy (non-hydrogen) atoms. The van der Waals surface area contributed by atoms with Crippen molar-refractivity contribution < 1.29 is 13.6 Å². The predicted octanol–water partition coefficient (Wildman–Crippen LogP) is 5.63. The van der Waals surface area contributed by atoms with Crippen LogP contribution in [0.2, 0.25) is 0 Å². The lowest BCUT2D eigenvalue weighted by molar-refractivity contribution is 0.0698. The first-order chi connectivity index (χ1) is 14.6. The standard InChI is InChI=1S/C25H21FN2O2/c1-18-5-2-3-7-21(18)17-28(16-19-6-4-14-27-15-19)25(29)24-13-12-23(30-24)20-8-10-22(26)11-9-20/h2-15H,16-17H2,1H3.